The van der Waals surface area contributed by atoms with Gasteiger partial charge in [-0.2, -0.15) is 0 Å². The summed E-state index contributed by atoms with van der Waals surface area (Å²) in [5.74, 6) is -0.419. The maximum atomic E-state index is 12.5. The van der Waals surface area contributed by atoms with Crippen LogP contribution in [0.4, 0.5) is 11.4 Å². The number of carbonyl (C=O) groups excluding carboxylic acids is 2. The van der Waals surface area contributed by atoms with E-state index in [2.05, 4.69) is 5.32 Å². The summed E-state index contributed by atoms with van der Waals surface area (Å²) in [6.07, 6.45) is 1.13. The summed E-state index contributed by atoms with van der Waals surface area (Å²) in [6, 6.07) is 19.9. The monoisotopic (exact) mass is 456 g/mol. The van der Waals surface area contributed by atoms with Crippen molar-refractivity contribution in [1.29, 1.82) is 0 Å². The third-order valence-electron chi connectivity index (χ3n) is 4.57. The minimum atomic E-state index is -3.54. The number of nitrogens with zero attached hydrogens (tertiary/aromatic N) is 1. The summed E-state index contributed by atoms with van der Waals surface area (Å²) >= 11 is 6.01. The molecule has 3 rings (SSSR count). The number of rotatable bonds is 7. The molecule has 0 aromatic heterocycles. The summed E-state index contributed by atoms with van der Waals surface area (Å²) in [6.45, 7) is 1.56. The molecule has 0 radical (unpaired) electrons. The quantitative estimate of drug-likeness (QED) is 0.519. The van der Waals surface area contributed by atoms with E-state index < -0.39 is 10.0 Å². The first kappa shape index (κ1) is 22.5. The summed E-state index contributed by atoms with van der Waals surface area (Å²) < 4.78 is 25.8. The average Bonchev–Trinajstić information content (AvgIpc) is 2.71. The van der Waals surface area contributed by atoms with Gasteiger partial charge < -0.3 is 5.32 Å². The number of carbonyl (C=O) groups is 2. The van der Waals surface area contributed by atoms with Gasteiger partial charge in [-0.3, -0.25) is 13.9 Å². The molecule has 0 bridgehead atoms. The molecule has 0 aliphatic carbocycles. The zero-order chi connectivity index (χ0) is 22.6. The summed E-state index contributed by atoms with van der Waals surface area (Å²) in [4.78, 5) is 24.0. The average molecular weight is 457 g/mol. The number of nitrogens with one attached hydrogen (secondary N) is 1. The molecule has 0 saturated carbocycles. The van der Waals surface area contributed by atoms with Gasteiger partial charge in [-0.1, -0.05) is 41.9 Å². The maximum absolute atomic E-state index is 12.5. The Morgan fingerprint density at radius 3 is 2.23 bits per heavy atom. The van der Waals surface area contributed by atoms with E-state index in [4.69, 9.17) is 11.6 Å². The first-order valence-corrected chi connectivity index (χ1v) is 11.6. The predicted molar refractivity (Wildman–Crippen MR) is 123 cm³/mol. The molecule has 0 aliphatic rings. The van der Waals surface area contributed by atoms with Gasteiger partial charge in [0.15, 0.2) is 5.78 Å². The van der Waals surface area contributed by atoms with Gasteiger partial charge in [0.25, 0.3) is 5.91 Å². The van der Waals surface area contributed by atoms with Crippen LogP contribution in [0.5, 0.6) is 0 Å². The number of Topliss-reactive ketones (excluding diaryl/α,β-unsaturated/α-hetero) is 1. The molecule has 31 heavy (non-hydrogen) atoms. The van der Waals surface area contributed by atoms with Gasteiger partial charge >= 0.3 is 0 Å². The van der Waals surface area contributed by atoms with Crippen molar-refractivity contribution in [3.8, 4) is 0 Å². The molecule has 0 heterocycles. The molecule has 0 aliphatic heterocycles. The van der Waals surface area contributed by atoms with Crippen LogP contribution in [0.15, 0.2) is 72.8 Å². The number of anilines is 2. The fraction of sp³-hybridized carbons (Fsp3) is 0.130. The number of benzene rings is 3. The highest BCUT2D eigenvalue weighted by Crippen LogP contribution is 2.24. The molecule has 0 fully saturated rings. The third kappa shape index (κ3) is 5.93. The van der Waals surface area contributed by atoms with E-state index in [0.29, 0.717) is 33.1 Å². The SMILES string of the molecule is CC(=O)c1cccc(NC(=O)c2ccc(CN(c3cccc(Cl)c3)S(C)(=O)=O)cc2)c1. The van der Waals surface area contributed by atoms with E-state index >= 15 is 0 Å². The molecule has 0 unspecified atom stereocenters. The van der Waals surface area contributed by atoms with Gasteiger partial charge in [-0.05, 0) is 55.0 Å². The highest BCUT2D eigenvalue weighted by molar-refractivity contribution is 7.92. The van der Waals surface area contributed by atoms with E-state index in [-0.39, 0.29) is 18.2 Å². The molecular weight excluding hydrogens is 436 g/mol. The number of hydrogen-bond donors (Lipinski definition) is 1. The summed E-state index contributed by atoms with van der Waals surface area (Å²) in [7, 11) is -3.54. The lowest BCUT2D eigenvalue weighted by atomic mass is 10.1. The second-order valence-electron chi connectivity index (χ2n) is 7.04. The molecular formula is C23H21ClN2O4S. The van der Waals surface area contributed by atoms with Crippen molar-refractivity contribution in [2.45, 2.75) is 13.5 Å². The third-order valence-corrected chi connectivity index (χ3v) is 5.94. The van der Waals surface area contributed by atoms with E-state index in [9.17, 15) is 18.0 Å². The van der Waals surface area contributed by atoms with Gasteiger partial charge in [0, 0.05) is 21.8 Å². The van der Waals surface area contributed by atoms with Gasteiger partial charge in [0.05, 0.1) is 18.5 Å². The van der Waals surface area contributed by atoms with Crippen molar-refractivity contribution in [2.24, 2.45) is 0 Å². The van der Waals surface area contributed by atoms with Crippen LogP contribution in [-0.4, -0.2) is 26.4 Å². The van der Waals surface area contributed by atoms with Crippen molar-refractivity contribution in [3.05, 3.63) is 94.5 Å². The van der Waals surface area contributed by atoms with Gasteiger partial charge in [0.1, 0.15) is 0 Å². The van der Waals surface area contributed by atoms with Crippen LogP contribution in [0.3, 0.4) is 0 Å². The Bertz CT molecular complexity index is 1220. The largest absolute Gasteiger partial charge is 0.322 e. The van der Waals surface area contributed by atoms with E-state index in [0.717, 1.165) is 6.26 Å². The van der Waals surface area contributed by atoms with Crippen LogP contribution in [0.1, 0.15) is 33.2 Å². The number of hydrogen-bond acceptors (Lipinski definition) is 4. The Labute approximate surface area is 186 Å². The molecule has 0 atom stereocenters. The number of halogens is 1. The molecule has 3 aromatic carbocycles. The Balaban J connectivity index is 1.76. The molecule has 8 heteroatoms. The zero-order valence-electron chi connectivity index (χ0n) is 17.0. The number of ketones is 1. The lowest BCUT2D eigenvalue weighted by Crippen LogP contribution is -2.29. The lowest BCUT2D eigenvalue weighted by molar-refractivity contribution is 0.101. The lowest BCUT2D eigenvalue weighted by Gasteiger charge is -2.22. The molecule has 1 N–H and O–H groups in total. The predicted octanol–water partition coefficient (Wildman–Crippen LogP) is 4.76. The van der Waals surface area contributed by atoms with Crippen LogP contribution in [0, 0.1) is 0 Å². The number of sulfonamides is 1. The van der Waals surface area contributed by atoms with Gasteiger partial charge in [0.2, 0.25) is 10.0 Å². The number of amides is 1. The van der Waals surface area contributed by atoms with Gasteiger partial charge in [-0.25, -0.2) is 8.42 Å². The fourth-order valence-electron chi connectivity index (χ4n) is 2.98. The Kier molecular flexibility index (Phi) is 6.77. The van der Waals surface area contributed by atoms with Crippen LogP contribution >= 0.6 is 11.6 Å². The fourth-order valence-corrected chi connectivity index (χ4v) is 4.04. The standard InChI is InChI=1S/C23H21ClN2O4S/c1-16(27)19-5-3-7-21(13-19)25-23(28)18-11-9-17(10-12-18)15-26(31(2,29)30)22-8-4-6-20(24)14-22/h3-14H,15H2,1-2H3,(H,25,28). The molecule has 3 aromatic rings. The molecule has 6 nitrogen and oxygen atoms in total. The maximum Gasteiger partial charge on any atom is 0.255 e. The van der Waals surface area contributed by atoms with Crippen molar-refractivity contribution >= 4 is 44.7 Å². The normalized spacial score (nSPS) is 11.1. The van der Waals surface area contributed by atoms with Crippen molar-refractivity contribution in [2.75, 3.05) is 15.9 Å². The highest BCUT2D eigenvalue weighted by atomic mass is 35.5. The van der Waals surface area contributed by atoms with E-state index in [1.807, 2.05) is 0 Å². The van der Waals surface area contributed by atoms with Crippen molar-refractivity contribution < 1.29 is 18.0 Å². The smallest absolute Gasteiger partial charge is 0.255 e. The molecule has 0 spiro atoms. The molecule has 1 amide bonds. The second-order valence-corrected chi connectivity index (χ2v) is 9.38. The highest BCUT2D eigenvalue weighted by Gasteiger charge is 2.18. The Morgan fingerprint density at radius 1 is 0.935 bits per heavy atom. The van der Waals surface area contributed by atoms with Crippen LogP contribution < -0.4 is 9.62 Å². The van der Waals surface area contributed by atoms with E-state index in [1.165, 1.54) is 11.2 Å². The topological polar surface area (TPSA) is 83.6 Å². The first-order chi connectivity index (χ1) is 14.6. The van der Waals surface area contributed by atoms with Crippen LogP contribution in [0.25, 0.3) is 0 Å². The Morgan fingerprint density at radius 2 is 1.61 bits per heavy atom. The Hall–Kier alpha value is -3.16. The first-order valence-electron chi connectivity index (χ1n) is 9.38. The molecule has 0 saturated heterocycles. The van der Waals surface area contributed by atoms with Crippen LogP contribution in [0.2, 0.25) is 5.02 Å². The summed E-state index contributed by atoms with van der Waals surface area (Å²) in [5.41, 5.74) is 2.61. The van der Waals surface area contributed by atoms with Crippen molar-refractivity contribution in [1.82, 2.24) is 0 Å². The van der Waals surface area contributed by atoms with E-state index in [1.54, 1.807) is 72.8 Å². The molecule has 160 valence electrons. The van der Waals surface area contributed by atoms with Gasteiger partial charge in [-0.15, -0.1) is 0 Å². The van der Waals surface area contributed by atoms with Crippen LogP contribution in [-0.2, 0) is 16.6 Å². The minimum absolute atomic E-state index is 0.0874. The summed E-state index contributed by atoms with van der Waals surface area (Å²) in [5, 5.41) is 3.19. The minimum Gasteiger partial charge on any atom is -0.322 e. The van der Waals surface area contributed by atoms with Crippen molar-refractivity contribution in [3.63, 3.8) is 0 Å². The zero-order valence-corrected chi connectivity index (χ0v) is 18.6. The second kappa shape index (κ2) is 9.32.